The zero-order valence-electron chi connectivity index (χ0n) is 12.6. The van der Waals surface area contributed by atoms with Crippen molar-refractivity contribution >= 4 is 21.6 Å². The highest BCUT2D eigenvalue weighted by molar-refractivity contribution is 7.16. The van der Waals surface area contributed by atoms with Gasteiger partial charge in [0.2, 0.25) is 0 Å². The Hall–Kier alpha value is -1.17. The van der Waals surface area contributed by atoms with Crippen molar-refractivity contribution in [3.8, 4) is 0 Å². The first kappa shape index (κ1) is 14.8. The average molecular weight is 306 g/mol. The Kier molecular flexibility index (Phi) is 4.42. The molecule has 0 bridgehead atoms. The van der Waals surface area contributed by atoms with Crippen LogP contribution < -0.4 is 10.2 Å². The number of hydrogen-bond donors (Lipinski definition) is 1. The third-order valence-electron chi connectivity index (χ3n) is 4.28. The molecular formula is C16H22N2O2S. The number of ether oxygens (including phenoxy) is 1. The van der Waals surface area contributed by atoms with Gasteiger partial charge in [0.15, 0.2) is 0 Å². The Balaban J connectivity index is 1.71. The van der Waals surface area contributed by atoms with Crippen molar-refractivity contribution in [1.29, 1.82) is 0 Å². The maximum atomic E-state index is 11.7. The van der Waals surface area contributed by atoms with E-state index in [0.29, 0.717) is 12.1 Å². The summed E-state index contributed by atoms with van der Waals surface area (Å²) >= 11 is 1.31. The fraction of sp³-hybridized carbons (Fsp3) is 0.562. The van der Waals surface area contributed by atoms with E-state index in [2.05, 4.69) is 24.4 Å². The van der Waals surface area contributed by atoms with Crippen molar-refractivity contribution in [3.05, 3.63) is 33.4 Å². The van der Waals surface area contributed by atoms with Crippen LogP contribution >= 0.6 is 11.3 Å². The Morgan fingerprint density at radius 2 is 2.38 bits per heavy atom. The Morgan fingerprint density at radius 3 is 3.10 bits per heavy atom. The smallest absolute Gasteiger partial charge is 0.307 e. The van der Waals surface area contributed by atoms with Gasteiger partial charge in [-0.05, 0) is 37.0 Å². The molecule has 1 fully saturated rings. The number of benzene rings is 1. The molecule has 2 heterocycles. The van der Waals surface area contributed by atoms with Crippen molar-refractivity contribution in [2.24, 2.45) is 7.05 Å². The summed E-state index contributed by atoms with van der Waals surface area (Å²) in [6.45, 7) is 3.92. The second kappa shape index (κ2) is 6.30. The van der Waals surface area contributed by atoms with Crippen LogP contribution in [-0.2, 0) is 18.3 Å². The number of aryl methyl sites for hydroxylation is 1. The van der Waals surface area contributed by atoms with Crippen LogP contribution in [0.15, 0.2) is 23.0 Å². The Labute approximate surface area is 128 Å². The molecule has 1 saturated heterocycles. The lowest BCUT2D eigenvalue weighted by atomic mass is 10.1. The highest BCUT2D eigenvalue weighted by Gasteiger charge is 2.23. The summed E-state index contributed by atoms with van der Waals surface area (Å²) in [5.41, 5.74) is 2.24. The molecule has 0 amide bonds. The number of hydrogen-bond acceptors (Lipinski definition) is 4. The Morgan fingerprint density at radius 1 is 1.52 bits per heavy atom. The highest BCUT2D eigenvalue weighted by atomic mass is 32.1. The van der Waals surface area contributed by atoms with Gasteiger partial charge in [-0.3, -0.25) is 4.79 Å². The van der Waals surface area contributed by atoms with E-state index in [1.165, 1.54) is 23.3 Å². The summed E-state index contributed by atoms with van der Waals surface area (Å²) in [7, 11) is 1.82. The van der Waals surface area contributed by atoms with E-state index >= 15 is 0 Å². The van der Waals surface area contributed by atoms with Gasteiger partial charge in [0, 0.05) is 26.2 Å². The Bertz CT molecular complexity index is 670. The SMILES string of the molecule is CC[C@@H](NCc1ccc2c(c1)sc(=O)n2C)[C@@H]1CCCO1. The molecule has 1 aromatic carbocycles. The first-order valence-electron chi connectivity index (χ1n) is 7.62. The van der Waals surface area contributed by atoms with E-state index in [1.54, 1.807) is 4.57 Å². The van der Waals surface area contributed by atoms with Crippen LogP contribution in [0.25, 0.3) is 10.2 Å². The summed E-state index contributed by atoms with van der Waals surface area (Å²) in [5, 5.41) is 3.61. The van der Waals surface area contributed by atoms with Crippen LogP contribution in [-0.4, -0.2) is 23.3 Å². The second-order valence-electron chi connectivity index (χ2n) is 5.68. The van der Waals surface area contributed by atoms with Gasteiger partial charge in [-0.25, -0.2) is 0 Å². The number of fused-ring (bicyclic) bond motifs is 1. The largest absolute Gasteiger partial charge is 0.377 e. The molecule has 1 aromatic heterocycles. The van der Waals surface area contributed by atoms with Crippen molar-refractivity contribution in [1.82, 2.24) is 9.88 Å². The maximum absolute atomic E-state index is 11.7. The molecule has 0 saturated carbocycles. The summed E-state index contributed by atoms with van der Waals surface area (Å²) in [6, 6.07) is 6.68. The van der Waals surface area contributed by atoms with E-state index < -0.39 is 0 Å². The zero-order valence-corrected chi connectivity index (χ0v) is 13.4. The quantitative estimate of drug-likeness (QED) is 0.923. The minimum Gasteiger partial charge on any atom is -0.377 e. The molecule has 21 heavy (non-hydrogen) atoms. The maximum Gasteiger partial charge on any atom is 0.307 e. The predicted octanol–water partition coefficient (Wildman–Crippen LogP) is 2.65. The minimum absolute atomic E-state index is 0.0981. The molecule has 2 aromatic rings. The highest BCUT2D eigenvalue weighted by Crippen LogP contribution is 2.20. The normalized spacial score (nSPS) is 20.2. The lowest BCUT2D eigenvalue weighted by Gasteiger charge is -2.23. The van der Waals surface area contributed by atoms with Crippen LogP contribution in [0.2, 0.25) is 0 Å². The monoisotopic (exact) mass is 306 g/mol. The molecule has 3 rings (SSSR count). The summed E-state index contributed by atoms with van der Waals surface area (Å²) in [4.78, 5) is 11.8. The van der Waals surface area contributed by atoms with Crippen LogP contribution in [0.5, 0.6) is 0 Å². The van der Waals surface area contributed by atoms with Gasteiger partial charge in [0.1, 0.15) is 0 Å². The molecule has 5 heteroatoms. The summed E-state index contributed by atoms with van der Waals surface area (Å²) in [5.74, 6) is 0. The predicted molar refractivity (Wildman–Crippen MR) is 87.0 cm³/mol. The van der Waals surface area contributed by atoms with E-state index in [4.69, 9.17) is 4.74 Å². The lowest BCUT2D eigenvalue weighted by Crippen LogP contribution is -2.38. The third-order valence-corrected chi connectivity index (χ3v) is 5.27. The zero-order chi connectivity index (χ0) is 14.8. The number of aromatic nitrogens is 1. The number of thiazole rings is 1. The van der Waals surface area contributed by atoms with Crippen LogP contribution in [0.1, 0.15) is 31.7 Å². The number of nitrogens with one attached hydrogen (secondary N) is 1. The fourth-order valence-corrected chi connectivity index (χ4v) is 3.94. The van der Waals surface area contributed by atoms with Crippen molar-refractivity contribution in [2.75, 3.05) is 6.61 Å². The molecule has 0 spiro atoms. The van der Waals surface area contributed by atoms with Gasteiger partial charge in [0.05, 0.1) is 16.3 Å². The van der Waals surface area contributed by atoms with Gasteiger partial charge in [-0.2, -0.15) is 0 Å². The van der Waals surface area contributed by atoms with Gasteiger partial charge < -0.3 is 14.6 Å². The molecule has 0 radical (unpaired) electrons. The standard InChI is InChI=1S/C16H22N2O2S/c1-3-12(14-5-4-8-20-14)17-10-11-6-7-13-15(9-11)21-16(19)18(13)2/h6-7,9,12,14,17H,3-5,8,10H2,1-2H3/t12-,14+/m1/s1. The van der Waals surface area contributed by atoms with E-state index in [9.17, 15) is 4.79 Å². The molecule has 1 N–H and O–H groups in total. The summed E-state index contributed by atoms with van der Waals surface area (Å²) in [6.07, 6.45) is 3.76. The topological polar surface area (TPSA) is 43.3 Å². The first-order chi connectivity index (χ1) is 10.2. The molecule has 2 atom stereocenters. The summed E-state index contributed by atoms with van der Waals surface area (Å²) < 4.78 is 8.55. The molecular weight excluding hydrogens is 284 g/mol. The third kappa shape index (κ3) is 3.05. The molecule has 1 aliphatic heterocycles. The van der Waals surface area contributed by atoms with Crippen LogP contribution in [0.3, 0.4) is 0 Å². The molecule has 4 nitrogen and oxygen atoms in total. The molecule has 1 aliphatic rings. The van der Waals surface area contributed by atoms with E-state index in [-0.39, 0.29) is 4.87 Å². The van der Waals surface area contributed by atoms with Gasteiger partial charge in [0.25, 0.3) is 0 Å². The average Bonchev–Trinajstić information content (AvgIpc) is 3.10. The van der Waals surface area contributed by atoms with Gasteiger partial charge in [-0.15, -0.1) is 0 Å². The van der Waals surface area contributed by atoms with Crippen LogP contribution in [0, 0.1) is 0 Å². The number of nitrogens with zero attached hydrogens (tertiary/aromatic N) is 1. The van der Waals surface area contributed by atoms with Crippen molar-refractivity contribution in [3.63, 3.8) is 0 Å². The second-order valence-corrected chi connectivity index (χ2v) is 6.67. The molecule has 114 valence electrons. The van der Waals surface area contributed by atoms with Crippen LogP contribution in [0.4, 0.5) is 0 Å². The fourth-order valence-electron chi connectivity index (χ4n) is 3.00. The van der Waals surface area contributed by atoms with Crippen molar-refractivity contribution < 1.29 is 4.74 Å². The molecule has 0 aliphatic carbocycles. The van der Waals surface area contributed by atoms with Gasteiger partial charge in [-0.1, -0.05) is 24.3 Å². The van der Waals surface area contributed by atoms with Crippen molar-refractivity contribution in [2.45, 2.75) is 44.9 Å². The molecule has 0 unspecified atom stereocenters. The lowest BCUT2D eigenvalue weighted by molar-refractivity contribution is 0.0765. The number of rotatable bonds is 5. The minimum atomic E-state index is 0.0981. The van der Waals surface area contributed by atoms with E-state index in [0.717, 1.165) is 36.2 Å². The van der Waals surface area contributed by atoms with E-state index in [1.807, 2.05) is 13.1 Å². The van der Waals surface area contributed by atoms with Gasteiger partial charge >= 0.3 is 4.87 Å². The first-order valence-corrected chi connectivity index (χ1v) is 8.44.